The lowest BCUT2D eigenvalue weighted by atomic mass is 10.2. The van der Waals surface area contributed by atoms with Crippen molar-refractivity contribution in [2.24, 2.45) is 0 Å². The van der Waals surface area contributed by atoms with Crippen LogP contribution in [0.3, 0.4) is 0 Å². The van der Waals surface area contributed by atoms with Crippen LogP contribution in [0.2, 0.25) is 5.02 Å². The Balaban J connectivity index is 2.02. The van der Waals surface area contributed by atoms with Crippen molar-refractivity contribution in [3.63, 3.8) is 0 Å². The summed E-state index contributed by atoms with van der Waals surface area (Å²) in [7, 11) is 2.81. The molecule has 2 N–H and O–H groups in total. The molecule has 2 amide bonds. The maximum Gasteiger partial charge on any atom is 0.267 e. The minimum absolute atomic E-state index is 0.103. The van der Waals surface area contributed by atoms with Crippen molar-refractivity contribution in [1.29, 1.82) is 0 Å². The number of carbonyl (C=O) groups is 2. The summed E-state index contributed by atoms with van der Waals surface area (Å²) in [5, 5.41) is 5.37. The van der Waals surface area contributed by atoms with Gasteiger partial charge < -0.3 is 15.4 Å². The molecule has 10 heteroatoms. The average Bonchev–Trinajstić information content (AvgIpc) is 2.75. The van der Waals surface area contributed by atoms with Gasteiger partial charge in [0.1, 0.15) is 29.5 Å². The number of methoxy groups -OCH3 is 1. The Bertz CT molecular complexity index is 1190. The summed E-state index contributed by atoms with van der Waals surface area (Å²) in [6, 6.07) is 9.94. The number of nitrogens with one attached hydrogen (secondary N) is 2. The summed E-state index contributed by atoms with van der Waals surface area (Å²) in [5.74, 6) is -1.21. The first-order chi connectivity index (χ1) is 14.8. The molecule has 31 heavy (non-hydrogen) atoms. The lowest BCUT2D eigenvalue weighted by molar-refractivity contribution is -0.116. The monoisotopic (exact) mass is 444 g/mol. The molecule has 0 atom stereocenters. The molecule has 160 valence electrons. The molecule has 0 saturated carbocycles. The first kappa shape index (κ1) is 22.0. The maximum atomic E-state index is 13.3. The van der Waals surface area contributed by atoms with Crippen molar-refractivity contribution in [2.75, 3.05) is 19.5 Å². The zero-order valence-electron chi connectivity index (χ0n) is 16.6. The Kier molecular flexibility index (Phi) is 6.66. The van der Waals surface area contributed by atoms with Crippen LogP contribution < -0.4 is 20.9 Å². The largest absolute Gasteiger partial charge is 0.495 e. The van der Waals surface area contributed by atoms with Gasteiger partial charge in [0.05, 0.1) is 12.8 Å². The van der Waals surface area contributed by atoms with Gasteiger partial charge in [0.25, 0.3) is 11.5 Å². The van der Waals surface area contributed by atoms with E-state index < -0.39 is 29.7 Å². The molecule has 0 radical (unpaired) electrons. The van der Waals surface area contributed by atoms with Crippen LogP contribution in [0.1, 0.15) is 10.4 Å². The van der Waals surface area contributed by atoms with E-state index in [4.69, 9.17) is 16.3 Å². The van der Waals surface area contributed by atoms with Gasteiger partial charge in [-0.25, -0.2) is 9.37 Å². The van der Waals surface area contributed by atoms with E-state index in [1.165, 1.54) is 44.5 Å². The standard InChI is InChI=1S/C21H18ClFN4O4/c1-24-20(29)15-10-25-19(12-3-6-14(23)7-4-12)27(21(15)30)11-18(28)26-16-9-13(22)5-8-17(16)31-2/h3-10H,11H2,1-2H3,(H,24,29)(H,26,28). The summed E-state index contributed by atoms with van der Waals surface area (Å²) in [4.78, 5) is 41.9. The number of rotatable bonds is 6. The molecule has 0 saturated heterocycles. The Morgan fingerprint density at radius 1 is 1.19 bits per heavy atom. The SMILES string of the molecule is CNC(=O)c1cnc(-c2ccc(F)cc2)n(CC(=O)Nc2cc(Cl)ccc2OC)c1=O. The number of halogens is 2. The van der Waals surface area contributed by atoms with Gasteiger partial charge in [0.2, 0.25) is 5.91 Å². The highest BCUT2D eigenvalue weighted by molar-refractivity contribution is 6.31. The number of nitrogens with zero attached hydrogens (tertiary/aromatic N) is 2. The van der Waals surface area contributed by atoms with E-state index in [9.17, 15) is 18.8 Å². The van der Waals surface area contributed by atoms with Gasteiger partial charge in [-0.1, -0.05) is 11.6 Å². The molecule has 0 bridgehead atoms. The average molecular weight is 445 g/mol. The van der Waals surface area contributed by atoms with Gasteiger partial charge in [-0.15, -0.1) is 0 Å². The van der Waals surface area contributed by atoms with E-state index in [0.717, 1.165) is 10.8 Å². The van der Waals surface area contributed by atoms with Gasteiger partial charge in [0, 0.05) is 23.8 Å². The second-order valence-corrected chi connectivity index (χ2v) is 6.80. The third kappa shape index (κ3) is 4.89. The van der Waals surface area contributed by atoms with E-state index in [1.807, 2.05) is 0 Å². The molecule has 1 aromatic heterocycles. The lowest BCUT2D eigenvalue weighted by Gasteiger charge is -2.15. The molecular formula is C21H18ClFN4O4. The Morgan fingerprint density at radius 3 is 2.55 bits per heavy atom. The summed E-state index contributed by atoms with van der Waals surface area (Å²) < 4.78 is 19.6. The van der Waals surface area contributed by atoms with Crippen LogP contribution >= 0.6 is 11.6 Å². The lowest BCUT2D eigenvalue weighted by Crippen LogP contribution is -2.35. The fourth-order valence-corrected chi connectivity index (χ4v) is 3.04. The highest BCUT2D eigenvalue weighted by Gasteiger charge is 2.19. The van der Waals surface area contributed by atoms with Gasteiger partial charge in [-0.3, -0.25) is 19.0 Å². The third-order valence-electron chi connectivity index (χ3n) is 4.36. The van der Waals surface area contributed by atoms with Crippen LogP contribution in [-0.4, -0.2) is 35.5 Å². The Morgan fingerprint density at radius 2 is 1.90 bits per heavy atom. The predicted octanol–water partition coefficient (Wildman–Crippen LogP) is 2.71. The second kappa shape index (κ2) is 9.40. The van der Waals surface area contributed by atoms with Crippen molar-refractivity contribution in [1.82, 2.24) is 14.9 Å². The van der Waals surface area contributed by atoms with Gasteiger partial charge in [-0.05, 0) is 42.5 Å². The topological polar surface area (TPSA) is 102 Å². The van der Waals surface area contributed by atoms with Crippen molar-refractivity contribution in [3.05, 3.63) is 75.4 Å². The first-order valence-electron chi connectivity index (χ1n) is 9.05. The fourth-order valence-electron chi connectivity index (χ4n) is 2.87. The number of anilines is 1. The number of aromatic nitrogens is 2. The second-order valence-electron chi connectivity index (χ2n) is 6.37. The summed E-state index contributed by atoms with van der Waals surface area (Å²) in [6.07, 6.45) is 1.12. The smallest absolute Gasteiger partial charge is 0.267 e. The van der Waals surface area contributed by atoms with E-state index in [-0.39, 0.29) is 11.4 Å². The molecule has 0 unspecified atom stereocenters. The number of hydrogen-bond donors (Lipinski definition) is 2. The van der Waals surface area contributed by atoms with Crippen LogP contribution in [-0.2, 0) is 11.3 Å². The zero-order chi connectivity index (χ0) is 22.5. The summed E-state index contributed by atoms with van der Waals surface area (Å²) in [5.41, 5.74) is -0.245. The van der Waals surface area contributed by atoms with E-state index in [1.54, 1.807) is 12.1 Å². The normalized spacial score (nSPS) is 10.5. The van der Waals surface area contributed by atoms with Crippen molar-refractivity contribution in [2.45, 2.75) is 6.54 Å². The molecule has 2 aromatic carbocycles. The van der Waals surface area contributed by atoms with E-state index in [2.05, 4.69) is 15.6 Å². The van der Waals surface area contributed by atoms with E-state index >= 15 is 0 Å². The van der Waals surface area contributed by atoms with Crippen LogP contribution in [0.15, 0.2) is 53.5 Å². The molecule has 0 aliphatic rings. The molecule has 0 fully saturated rings. The fraction of sp³-hybridized carbons (Fsp3) is 0.143. The molecule has 0 aliphatic carbocycles. The summed E-state index contributed by atoms with van der Waals surface area (Å²) >= 11 is 5.99. The molecular weight excluding hydrogens is 427 g/mol. The third-order valence-corrected chi connectivity index (χ3v) is 4.59. The number of hydrogen-bond acceptors (Lipinski definition) is 5. The molecule has 3 rings (SSSR count). The number of ether oxygens (including phenoxy) is 1. The van der Waals surface area contributed by atoms with Crippen molar-refractivity contribution < 1.29 is 18.7 Å². The molecule has 0 aliphatic heterocycles. The number of amides is 2. The molecule has 0 spiro atoms. The van der Waals surface area contributed by atoms with Gasteiger partial charge >= 0.3 is 0 Å². The first-order valence-corrected chi connectivity index (χ1v) is 9.43. The summed E-state index contributed by atoms with van der Waals surface area (Å²) in [6.45, 7) is -0.459. The van der Waals surface area contributed by atoms with Gasteiger partial charge in [0.15, 0.2) is 0 Å². The Hall–Kier alpha value is -3.72. The highest BCUT2D eigenvalue weighted by Crippen LogP contribution is 2.27. The zero-order valence-corrected chi connectivity index (χ0v) is 17.4. The van der Waals surface area contributed by atoms with Crippen molar-refractivity contribution in [3.8, 4) is 17.1 Å². The molecule has 3 aromatic rings. The van der Waals surface area contributed by atoms with Crippen molar-refractivity contribution >= 4 is 29.1 Å². The highest BCUT2D eigenvalue weighted by atomic mass is 35.5. The predicted molar refractivity (Wildman–Crippen MR) is 114 cm³/mol. The maximum absolute atomic E-state index is 13.3. The minimum Gasteiger partial charge on any atom is -0.495 e. The van der Waals surface area contributed by atoms with Crippen LogP contribution in [0.4, 0.5) is 10.1 Å². The number of carbonyl (C=O) groups excluding carboxylic acids is 2. The molecule has 1 heterocycles. The van der Waals surface area contributed by atoms with Gasteiger partial charge in [-0.2, -0.15) is 0 Å². The van der Waals surface area contributed by atoms with E-state index in [0.29, 0.717) is 22.0 Å². The number of benzene rings is 2. The van der Waals surface area contributed by atoms with Crippen LogP contribution in [0.5, 0.6) is 5.75 Å². The van der Waals surface area contributed by atoms with Crippen LogP contribution in [0.25, 0.3) is 11.4 Å². The quantitative estimate of drug-likeness (QED) is 0.608. The minimum atomic E-state index is -0.720. The Labute approximate surface area is 181 Å². The van der Waals surface area contributed by atoms with Crippen LogP contribution in [0, 0.1) is 5.82 Å². The molecule has 8 nitrogen and oxygen atoms in total.